The van der Waals surface area contributed by atoms with Crippen molar-refractivity contribution in [2.45, 2.75) is 64.8 Å². The van der Waals surface area contributed by atoms with E-state index in [1.807, 2.05) is 26.0 Å². The van der Waals surface area contributed by atoms with Gasteiger partial charge in [0.15, 0.2) is 0 Å². The van der Waals surface area contributed by atoms with Crippen LogP contribution in [-0.4, -0.2) is 18.0 Å². The maximum atomic E-state index is 10.7. The Balaban J connectivity index is 1.73. The van der Waals surface area contributed by atoms with Crippen LogP contribution in [0.1, 0.15) is 66.7 Å². The first kappa shape index (κ1) is 22.8. The molecule has 0 unspecified atom stereocenters. The van der Waals surface area contributed by atoms with Gasteiger partial charge in [-0.15, -0.1) is 0 Å². The highest BCUT2D eigenvalue weighted by atomic mass is 16.5. The Hall–Kier alpha value is -3.39. The first-order valence-electron chi connectivity index (χ1n) is 11.8. The summed E-state index contributed by atoms with van der Waals surface area (Å²) in [7, 11) is 0. The maximum absolute atomic E-state index is 10.7. The van der Waals surface area contributed by atoms with Crippen molar-refractivity contribution in [1.82, 2.24) is 5.16 Å². The van der Waals surface area contributed by atoms with Crippen LogP contribution in [0.3, 0.4) is 0 Å². The molecule has 3 aromatic rings. The molecule has 0 saturated heterocycles. The number of hydrogen-bond acceptors (Lipinski definition) is 5. The van der Waals surface area contributed by atoms with Crippen molar-refractivity contribution in [1.29, 1.82) is 5.26 Å². The Morgan fingerprint density at radius 1 is 1.09 bits per heavy atom. The van der Waals surface area contributed by atoms with Gasteiger partial charge in [-0.2, -0.15) is 5.26 Å². The van der Waals surface area contributed by atoms with E-state index in [9.17, 15) is 10.1 Å². The first-order valence-corrected chi connectivity index (χ1v) is 11.8. The third kappa shape index (κ3) is 4.57. The Labute approximate surface area is 196 Å². The second-order valence-corrected chi connectivity index (χ2v) is 9.09. The number of hydrogen-bond donors (Lipinski definition) is 0. The van der Waals surface area contributed by atoms with Gasteiger partial charge in [-0.3, -0.25) is 0 Å². The number of carbonyl (C=O) groups is 1. The SMILES string of the molecule is Cc1ccc(-c2c(C)noc2C)cc1N(CCCCCC=O)C1(c2ccc(C#N)cc2)CC1. The minimum Gasteiger partial charge on any atom is -0.362 e. The van der Waals surface area contributed by atoms with Crippen LogP contribution in [0.5, 0.6) is 0 Å². The lowest BCUT2D eigenvalue weighted by Gasteiger charge is -2.36. The van der Waals surface area contributed by atoms with Gasteiger partial charge in [-0.1, -0.05) is 35.8 Å². The molecule has 1 aromatic heterocycles. The van der Waals surface area contributed by atoms with Gasteiger partial charge in [-0.25, -0.2) is 0 Å². The molecule has 0 spiro atoms. The van der Waals surface area contributed by atoms with Crippen molar-refractivity contribution in [3.8, 4) is 17.2 Å². The molecular formula is C28H31N3O2. The van der Waals surface area contributed by atoms with Crippen molar-refractivity contribution >= 4 is 12.0 Å². The molecule has 5 heteroatoms. The first-order chi connectivity index (χ1) is 16.0. The lowest BCUT2D eigenvalue weighted by molar-refractivity contribution is -0.107. The molecule has 0 amide bonds. The minimum atomic E-state index is -0.0548. The van der Waals surface area contributed by atoms with Gasteiger partial charge in [0.2, 0.25) is 0 Å². The second kappa shape index (κ2) is 9.62. The van der Waals surface area contributed by atoms with E-state index in [1.165, 1.54) is 16.8 Å². The van der Waals surface area contributed by atoms with E-state index >= 15 is 0 Å². The predicted octanol–water partition coefficient (Wildman–Crippen LogP) is 6.39. The van der Waals surface area contributed by atoms with Gasteiger partial charge in [-0.05, 0) is 81.3 Å². The van der Waals surface area contributed by atoms with Crippen LogP contribution in [0, 0.1) is 32.1 Å². The third-order valence-corrected chi connectivity index (χ3v) is 6.82. The smallest absolute Gasteiger partial charge is 0.141 e. The summed E-state index contributed by atoms with van der Waals surface area (Å²) in [5, 5.41) is 13.4. The molecule has 1 aliphatic carbocycles. The molecule has 0 N–H and O–H groups in total. The van der Waals surface area contributed by atoms with Crippen LogP contribution in [0.25, 0.3) is 11.1 Å². The van der Waals surface area contributed by atoms with Gasteiger partial charge in [0.05, 0.1) is 22.9 Å². The number of nitriles is 1. The summed E-state index contributed by atoms with van der Waals surface area (Å²) < 4.78 is 5.44. The van der Waals surface area contributed by atoms with Gasteiger partial charge in [0.1, 0.15) is 12.0 Å². The number of aryl methyl sites for hydroxylation is 3. The number of benzene rings is 2. The van der Waals surface area contributed by atoms with Gasteiger partial charge < -0.3 is 14.2 Å². The zero-order chi connectivity index (χ0) is 23.4. The van der Waals surface area contributed by atoms with Crippen LogP contribution in [0.2, 0.25) is 0 Å². The van der Waals surface area contributed by atoms with Crippen LogP contribution in [0.4, 0.5) is 5.69 Å². The predicted molar refractivity (Wildman–Crippen MR) is 130 cm³/mol. The van der Waals surface area contributed by atoms with E-state index in [0.717, 1.165) is 67.5 Å². The quantitative estimate of drug-likeness (QED) is 0.269. The summed E-state index contributed by atoms with van der Waals surface area (Å²) >= 11 is 0. The highest BCUT2D eigenvalue weighted by Gasteiger charge is 2.49. The second-order valence-electron chi connectivity index (χ2n) is 9.09. The van der Waals surface area contributed by atoms with Crippen LogP contribution in [-0.2, 0) is 10.3 Å². The highest BCUT2D eigenvalue weighted by Crippen LogP contribution is 2.53. The molecule has 0 radical (unpaired) electrons. The molecule has 5 nitrogen and oxygen atoms in total. The zero-order valence-corrected chi connectivity index (χ0v) is 19.7. The van der Waals surface area contributed by atoms with Crippen molar-refractivity contribution < 1.29 is 9.32 Å². The molecule has 0 aliphatic heterocycles. The number of anilines is 1. The largest absolute Gasteiger partial charge is 0.362 e. The van der Waals surface area contributed by atoms with Crippen molar-refractivity contribution in [3.63, 3.8) is 0 Å². The van der Waals surface area contributed by atoms with Crippen molar-refractivity contribution in [2.75, 3.05) is 11.4 Å². The summed E-state index contributed by atoms with van der Waals surface area (Å²) in [6.45, 7) is 7.03. The van der Waals surface area contributed by atoms with E-state index in [2.05, 4.69) is 53.4 Å². The fraction of sp³-hybridized carbons (Fsp3) is 0.393. The van der Waals surface area contributed by atoms with E-state index in [4.69, 9.17) is 4.52 Å². The number of aldehydes is 1. The average Bonchev–Trinajstić information content (AvgIpc) is 3.56. The molecule has 4 rings (SSSR count). The van der Waals surface area contributed by atoms with E-state index < -0.39 is 0 Å². The highest BCUT2D eigenvalue weighted by molar-refractivity contribution is 5.74. The van der Waals surface area contributed by atoms with E-state index in [0.29, 0.717) is 12.0 Å². The van der Waals surface area contributed by atoms with Crippen LogP contribution in [0.15, 0.2) is 47.0 Å². The number of carbonyl (C=O) groups excluding carboxylic acids is 1. The fourth-order valence-electron chi connectivity index (χ4n) is 4.88. The molecule has 1 aliphatic rings. The molecule has 1 saturated carbocycles. The van der Waals surface area contributed by atoms with Crippen LogP contribution >= 0.6 is 0 Å². The van der Waals surface area contributed by atoms with Gasteiger partial charge in [0.25, 0.3) is 0 Å². The number of aromatic nitrogens is 1. The monoisotopic (exact) mass is 441 g/mol. The topological polar surface area (TPSA) is 70.1 Å². The summed E-state index contributed by atoms with van der Waals surface area (Å²) in [6, 6.07) is 16.9. The third-order valence-electron chi connectivity index (χ3n) is 6.82. The molecule has 1 fully saturated rings. The molecule has 170 valence electrons. The van der Waals surface area contributed by atoms with Gasteiger partial charge >= 0.3 is 0 Å². The Bertz CT molecular complexity index is 1150. The molecule has 1 heterocycles. The maximum Gasteiger partial charge on any atom is 0.141 e. The normalized spacial score (nSPS) is 14.0. The Morgan fingerprint density at radius 2 is 1.85 bits per heavy atom. The summed E-state index contributed by atoms with van der Waals surface area (Å²) in [6.07, 6.45) is 6.79. The fourth-order valence-corrected chi connectivity index (χ4v) is 4.88. The van der Waals surface area contributed by atoms with E-state index in [-0.39, 0.29) is 5.54 Å². The van der Waals surface area contributed by atoms with E-state index in [1.54, 1.807) is 0 Å². The summed E-state index contributed by atoms with van der Waals surface area (Å²) in [5.74, 6) is 0.830. The summed E-state index contributed by atoms with van der Waals surface area (Å²) in [5.41, 5.74) is 7.43. The Kier molecular flexibility index (Phi) is 6.65. The van der Waals surface area contributed by atoms with Crippen molar-refractivity contribution in [3.05, 3.63) is 70.6 Å². The van der Waals surface area contributed by atoms with Gasteiger partial charge in [0, 0.05) is 24.2 Å². The lowest BCUT2D eigenvalue weighted by Crippen LogP contribution is -2.37. The molecule has 33 heavy (non-hydrogen) atoms. The number of nitrogens with zero attached hydrogens (tertiary/aromatic N) is 3. The minimum absolute atomic E-state index is 0.0548. The molecular weight excluding hydrogens is 410 g/mol. The van der Waals surface area contributed by atoms with Crippen molar-refractivity contribution in [2.24, 2.45) is 0 Å². The number of unbranched alkanes of at least 4 members (excludes halogenated alkanes) is 3. The standard InChI is InChI=1S/C28H31N3O2/c1-20-8-11-24(27-21(2)30-33-22(27)3)18-26(20)31(16-6-4-5-7-17-32)28(14-15-28)25-12-9-23(19-29)10-13-25/h8-13,17-18H,4-7,14-16H2,1-3H3. The number of rotatable bonds is 10. The average molecular weight is 442 g/mol. The molecule has 0 bridgehead atoms. The van der Waals surface area contributed by atoms with Crippen LogP contribution < -0.4 is 4.90 Å². The summed E-state index contributed by atoms with van der Waals surface area (Å²) in [4.78, 5) is 13.3. The molecule has 0 atom stereocenters. The zero-order valence-electron chi connectivity index (χ0n) is 19.7. The molecule has 2 aromatic carbocycles. The Morgan fingerprint density at radius 3 is 2.45 bits per heavy atom. The lowest BCUT2D eigenvalue weighted by atomic mass is 9.96.